The summed E-state index contributed by atoms with van der Waals surface area (Å²) in [4.78, 5) is 54.6. The third kappa shape index (κ3) is 7.64. The average Bonchev–Trinajstić information content (AvgIpc) is 3.22. The van der Waals surface area contributed by atoms with Gasteiger partial charge in [-0.05, 0) is 55.9 Å². The quantitative estimate of drug-likeness (QED) is 0.223. The number of thiophene rings is 1. The number of carboxylic acids is 2. The summed E-state index contributed by atoms with van der Waals surface area (Å²) in [5, 5.41) is 20.8. The number of nitrogens with two attached hydrogens (primary N) is 1. The molecule has 0 aliphatic carbocycles. The van der Waals surface area contributed by atoms with Crippen molar-refractivity contribution in [2.75, 3.05) is 5.73 Å². The number of aromatic nitrogens is 2. The molecule has 3 aromatic rings. The maximum atomic E-state index is 12.3. The zero-order valence-corrected chi connectivity index (χ0v) is 19.9. The number of anilines is 1. The number of carbonyl (C=O) groups excluding carboxylic acids is 1. The van der Waals surface area contributed by atoms with E-state index in [1.54, 1.807) is 12.1 Å². The number of carbonyl (C=O) groups is 3. The van der Waals surface area contributed by atoms with Crippen LogP contribution in [0.25, 0.3) is 10.2 Å². The van der Waals surface area contributed by atoms with Gasteiger partial charge in [0.15, 0.2) is 0 Å². The predicted octanol–water partition coefficient (Wildman–Crippen LogP) is 2.96. The second kappa shape index (κ2) is 12.1. The molecular weight excluding hydrogens is 472 g/mol. The Hall–Kier alpha value is -3.73. The maximum Gasteiger partial charge on any atom is 0.326 e. The number of aliphatic carboxylic acids is 2. The Morgan fingerprint density at radius 2 is 1.74 bits per heavy atom. The number of carboxylic acid groups (broad SMARTS) is 2. The molecular formula is C24H28N4O6S. The molecule has 1 amide bonds. The molecule has 0 spiro atoms. The van der Waals surface area contributed by atoms with E-state index in [2.05, 4.69) is 15.3 Å². The van der Waals surface area contributed by atoms with E-state index in [4.69, 9.17) is 10.8 Å². The summed E-state index contributed by atoms with van der Waals surface area (Å²) < 4.78 is 0. The van der Waals surface area contributed by atoms with Crippen molar-refractivity contribution in [3.05, 3.63) is 56.7 Å². The molecule has 2 heterocycles. The van der Waals surface area contributed by atoms with Crippen LogP contribution in [0.3, 0.4) is 0 Å². The Morgan fingerprint density at radius 3 is 2.40 bits per heavy atom. The predicted molar refractivity (Wildman–Crippen MR) is 133 cm³/mol. The molecule has 2 aromatic heterocycles. The van der Waals surface area contributed by atoms with Gasteiger partial charge >= 0.3 is 11.9 Å². The first kappa shape index (κ1) is 25.9. The first-order chi connectivity index (χ1) is 16.7. The standard InChI is InChI=1S/C24H28N4O6S/c25-24-27-21(32)17-13-16(35-22(17)28-24)6-4-2-1-3-5-14-7-9-15(10-8-14)20(31)26-18(23(33)34)11-12-19(29)30/h7-10,13,18H,1-6,11-12H2,(H,26,31)(H,29,30)(H,33,34)(H3,25,27,28,32)/t18-/m1/s1. The summed E-state index contributed by atoms with van der Waals surface area (Å²) >= 11 is 1.50. The van der Waals surface area contributed by atoms with Gasteiger partial charge in [0.25, 0.3) is 11.5 Å². The smallest absolute Gasteiger partial charge is 0.326 e. The van der Waals surface area contributed by atoms with Gasteiger partial charge in [0.1, 0.15) is 10.9 Å². The topological polar surface area (TPSA) is 175 Å². The molecule has 0 aliphatic rings. The summed E-state index contributed by atoms with van der Waals surface area (Å²) in [6.45, 7) is 0. The van der Waals surface area contributed by atoms with E-state index in [0.717, 1.165) is 49.0 Å². The fourth-order valence-electron chi connectivity index (χ4n) is 3.69. The first-order valence-electron chi connectivity index (χ1n) is 11.4. The van der Waals surface area contributed by atoms with Gasteiger partial charge in [-0.25, -0.2) is 9.78 Å². The highest BCUT2D eigenvalue weighted by Gasteiger charge is 2.21. The molecule has 0 aliphatic heterocycles. The van der Waals surface area contributed by atoms with Gasteiger partial charge in [-0.2, -0.15) is 0 Å². The van der Waals surface area contributed by atoms with E-state index in [1.165, 1.54) is 11.3 Å². The molecule has 6 N–H and O–H groups in total. The number of aryl methyl sites for hydroxylation is 2. The third-order valence-corrected chi connectivity index (χ3v) is 6.67. The number of rotatable bonds is 13. The maximum absolute atomic E-state index is 12.3. The van der Waals surface area contributed by atoms with Crippen molar-refractivity contribution >= 4 is 45.3 Å². The van der Waals surface area contributed by atoms with Crippen LogP contribution in [0.1, 0.15) is 59.3 Å². The number of nitrogens with zero attached hydrogens (tertiary/aromatic N) is 1. The summed E-state index contributed by atoms with van der Waals surface area (Å²) in [6, 6.07) is 7.61. The van der Waals surface area contributed by atoms with Gasteiger partial charge in [-0.1, -0.05) is 25.0 Å². The molecule has 35 heavy (non-hydrogen) atoms. The molecule has 11 heteroatoms. The number of benzene rings is 1. The lowest BCUT2D eigenvalue weighted by Crippen LogP contribution is -2.41. The number of unbranched alkanes of at least 4 members (excludes halogenated alkanes) is 3. The highest BCUT2D eigenvalue weighted by Crippen LogP contribution is 2.23. The van der Waals surface area contributed by atoms with E-state index in [1.807, 2.05) is 18.2 Å². The highest BCUT2D eigenvalue weighted by atomic mass is 32.1. The van der Waals surface area contributed by atoms with Crippen LogP contribution in [0.4, 0.5) is 5.95 Å². The molecule has 0 fully saturated rings. The van der Waals surface area contributed by atoms with Gasteiger partial charge < -0.3 is 21.3 Å². The number of hydrogen-bond donors (Lipinski definition) is 5. The summed E-state index contributed by atoms with van der Waals surface area (Å²) in [5.74, 6) is -2.80. The SMILES string of the molecule is Nc1nc2sc(CCCCCCc3ccc(C(=O)N[C@H](CCC(=O)O)C(=O)O)cc3)cc2c(=O)[nH]1. The van der Waals surface area contributed by atoms with Crippen molar-refractivity contribution < 1.29 is 24.6 Å². The Kier molecular flexibility index (Phi) is 8.96. The van der Waals surface area contributed by atoms with Crippen LogP contribution in [0.15, 0.2) is 35.1 Å². The van der Waals surface area contributed by atoms with Gasteiger partial charge in [0.2, 0.25) is 5.95 Å². The molecule has 1 aromatic carbocycles. The van der Waals surface area contributed by atoms with Crippen LogP contribution >= 0.6 is 11.3 Å². The minimum Gasteiger partial charge on any atom is -0.481 e. The van der Waals surface area contributed by atoms with Crippen LogP contribution in [0.5, 0.6) is 0 Å². The minimum absolute atomic E-state index is 0.129. The number of aromatic amines is 1. The molecule has 10 nitrogen and oxygen atoms in total. The lowest BCUT2D eigenvalue weighted by molar-refractivity contribution is -0.140. The number of H-pyrrole nitrogens is 1. The molecule has 3 rings (SSSR count). The van der Waals surface area contributed by atoms with E-state index in [9.17, 15) is 24.3 Å². The fourth-order valence-corrected chi connectivity index (χ4v) is 4.77. The Labute approximate surface area is 205 Å². The van der Waals surface area contributed by atoms with Gasteiger partial charge in [-0.3, -0.25) is 19.4 Å². The normalized spacial score (nSPS) is 11.9. The average molecular weight is 501 g/mol. The number of nitrogen functional groups attached to an aromatic ring is 1. The van der Waals surface area contributed by atoms with E-state index < -0.39 is 23.9 Å². The van der Waals surface area contributed by atoms with E-state index >= 15 is 0 Å². The molecule has 0 bridgehead atoms. The number of hydrogen-bond acceptors (Lipinski definition) is 7. The van der Waals surface area contributed by atoms with E-state index in [-0.39, 0.29) is 24.3 Å². The van der Waals surface area contributed by atoms with Crippen molar-refractivity contribution in [3.8, 4) is 0 Å². The second-order valence-corrected chi connectivity index (χ2v) is 9.41. The van der Waals surface area contributed by atoms with Gasteiger partial charge in [0, 0.05) is 16.9 Å². The Morgan fingerprint density at radius 1 is 1.06 bits per heavy atom. The second-order valence-electron chi connectivity index (χ2n) is 8.29. The number of amides is 1. The van der Waals surface area contributed by atoms with Crippen LogP contribution in [-0.2, 0) is 22.4 Å². The zero-order chi connectivity index (χ0) is 25.4. The monoisotopic (exact) mass is 500 g/mol. The van der Waals surface area contributed by atoms with Crippen LogP contribution in [-0.4, -0.2) is 44.1 Å². The zero-order valence-electron chi connectivity index (χ0n) is 19.1. The molecule has 1 atom stereocenters. The van der Waals surface area contributed by atoms with Crippen LogP contribution < -0.4 is 16.6 Å². The lowest BCUT2D eigenvalue weighted by Gasteiger charge is -2.13. The largest absolute Gasteiger partial charge is 0.481 e. The lowest BCUT2D eigenvalue weighted by atomic mass is 10.0. The third-order valence-electron chi connectivity index (χ3n) is 5.58. The Bertz CT molecular complexity index is 1250. The van der Waals surface area contributed by atoms with Crippen molar-refractivity contribution in [3.63, 3.8) is 0 Å². The summed E-state index contributed by atoms with van der Waals surface area (Å²) in [6.07, 6.45) is 5.32. The highest BCUT2D eigenvalue weighted by molar-refractivity contribution is 7.18. The van der Waals surface area contributed by atoms with Crippen molar-refractivity contribution in [2.45, 2.75) is 57.4 Å². The van der Waals surface area contributed by atoms with Crippen LogP contribution in [0, 0.1) is 0 Å². The number of fused-ring (bicyclic) bond motifs is 1. The van der Waals surface area contributed by atoms with Crippen molar-refractivity contribution in [1.82, 2.24) is 15.3 Å². The minimum atomic E-state index is -1.27. The molecule has 0 saturated heterocycles. The van der Waals surface area contributed by atoms with Crippen LogP contribution in [0.2, 0.25) is 0 Å². The first-order valence-corrected chi connectivity index (χ1v) is 12.2. The van der Waals surface area contributed by atoms with Gasteiger partial charge in [-0.15, -0.1) is 11.3 Å². The van der Waals surface area contributed by atoms with Crippen molar-refractivity contribution in [1.29, 1.82) is 0 Å². The summed E-state index contributed by atoms with van der Waals surface area (Å²) in [7, 11) is 0. The fraction of sp³-hybridized carbons (Fsp3) is 0.375. The van der Waals surface area contributed by atoms with Crippen molar-refractivity contribution in [2.24, 2.45) is 0 Å². The van der Waals surface area contributed by atoms with E-state index in [0.29, 0.717) is 15.8 Å². The Balaban J connectivity index is 1.39. The molecule has 0 unspecified atom stereocenters. The van der Waals surface area contributed by atoms with Gasteiger partial charge in [0.05, 0.1) is 5.39 Å². The molecule has 0 radical (unpaired) electrons. The summed E-state index contributed by atoms with van der Waals surface area (Å²) in [5.41, 5.74) is 6.79. The molecule has 0 saturated carbocycles. The number of nitrogens with one attached hydrogen (secondary N) is 2. The molecule has 186 valence electrons.